The van der Waals surface area contributed by atoms with E-state index in [9.17, 15) is 87.1 Å². The Hall–Kier alpha value is -0.800. The third kappa shape index (κ3) is 54.7. The van der Waals surface area contributed by atoms with Gasteiger partial charge < -0.3 is 62.4 Å². The molecule has 1 aliphatic heterocycles. The van der Waals surface area contributed by atoms with Crippen molar-refractivity contribution in [1.29, 1.82) is 0 Å². The van der Waals surface area contributed by atoms with Crippen LogP contribution >= 0.6 is 37.4 Å². The smallest absolute Gasteiger partial charge is 0.223 e. The van der Waals surface area contributed by atoms with E-state index in [2.05, 4.69) is 80.9 Å². The first-order valence-corrected chi connectivity index (χ1v) is 41.3. The molecule has 0 aromatic carbocycles. The minimum Gasteiger partial charge on any atom is -0.390 e. The van der Waals surface area contributed by atoms with Crippen LogP contribution in [0, 0.1) is 17.8 Å². The number of nitrogens with one attached hydrogen (secondary N) is 7. The summed E-state index contributed by atoms with van der Waals surface area (Å²) >= 11 is 0. The second kappa shape index (κ2) is 51.4. The van der Waals surface area contributed by atoms with E-state index in [0.717, 1.165) is 59.4 Å². The van der Waals surface area contributed by atoms with Gasteiger partial charge in [0.25, 0.3) is 0 Å². The number of nitrogens with two attached hydrogens (primary N) is 1. The number of nitrogens with zero attached hydrogens (tertiary/aromatic N) is 5. The molecule has 0 aromatic heterocycles. The lowest BCUT2D eigenvalue weighted by molar-refractivity contribution is -0.126. The number of amides is 3. The number of aliphatic hydroxyl groups is 6. The molecule has 564 valence electrons. The van der Waals surface area contributed by atoms with Crippen LogP contribution in [0.2, 0.25) is 0 Å². The third-order valence-corrected chi connectivity index (χ3v) is 22.3. The largest absolute Gasteiger partial charge is 0.390 e. The fourth-order valence-corrected chi connectivity index (χ4v) is 8.39. The minimum absolute atomic E-state index is 0.0382. The van der Waals surface area contributed by atoms with Gasteiger partial charge in [0.15, 0.2) is 0 Å². The number of ether oxygens (including phenoxy) is 1. The van der Waals surface area contributed by atoms with Crippen molar-refractivity contribution in [3.63, 3.8) is 0 Å². The molecule has 15 N–H and O–H groups in total. The Kier molecular flexibility index (Phi) is 57.0. The third-order valence-electron chi connectivity index (χ3n) is 13.6. The number of aliphatic hydroxyl groups excluding tert-OH is 6. The second-order valence-corrected chi connectivity index (χ2v) is 35.5. The highest BCUT2D eigenvalue weighted by molar-refractivity contribution is 7.89. The summed E-state index contributed by atoms with van der Waals surface area (Å²) in [6.07, 6.45) is 1.87. The Morgan fingerprint density at radius 3 is 0.871 bits per heavy atom. The maximum atomic E-state index is 11.6. The van der Waals surface area contributed by atoms with Crippen LogP contribution in [0.1, 0.15) is 83.1 Å². The molecule has 42 heteroatoms. The lowest BCUT2D eigenvalue weighted by atomic mass is 10.1. The number of carbonyl (C=O) groups is 3. The molecule has 1 rings (SSSR count). The Morgan fingerprint density at radius 1 is 0.452 bits per heavy atom. The number of rotatable bonds is 34. The predicted molar refractivity (Wildman–Crippen MR) is 384 cm³/mol. The molecule has 0 saturated carbocycles. The molecule has 0 bridgehead atoms. The summed E-state index contributed by atoms with van der Waals surface area (Å²) in [5.74, 6) is -0.984. The zero-order valence-corrected chi connectivity index (χ0v) is 67.7. The van der Waals surface area contributed by atoms with Crippen LogP contribution in [0.15, 0.2) is 0 Å². The molecule has 1 fully saturated rings. The van der Waals surface area contributed by atoms with Crippen LogP contribution in [-0.2, 0) is 69.2 Å². The summed E-state index contributed by atoms with van der Waals surface area (Å²) in [5, 5.41) is 76.7. The molecule has 0 aromatic rings. The molecule has 0 aliphatic carbocycles. The number of epoxide rings is 1. The van der Waals surface area contributed by atoms with E-state index in [0.29, 0.717) is 24.9 Å². The van der Waals surface area contributed by atoms with Crippen molar-refractivity contribution in [2.24, 2.45) is 23.5 Å². The van der Waals surface area contributed by atoms with Crippen LogP contribution in [-0.4, -0.2) is 323 Å². The van der Waals surface area contributed by atoms with Gasteiger partial charge in [-0.3, -0.25) is 29.6 Å². The minimum atomic E-state index is -3.32. The van der Waals surface area contributed by atoms with Gasteiger partial charge in [-0.2, -0.15) is 0 Å². The zero-order valence-electron chi connectivity index (χ0n) is 59.0. The molecule has 1 aliphatic rings. The van der Waals surface area contributed by atoms with Crippen LogP contribution in [0.4, 0.5) is 0 Å². The van der Waals surface area contributed by atoms with Crippen LogP contribution in [0.5, 0.6) is 0 Å². The normalized spacial score (nSPS) is 18.1. The van der Waals surface area contributed by atoms with Crippen molar-refractivity contribution in [1.82, 2.24) is 58.1 Å². The Morgan fingerprint density at radius 2 is 0.688 bits per heavy atom. The van der Waals surface area contributed by atoms with Crippen molar-refractivity contribution < 1.29 is 91.8 Å². The van der Waals surface area contributed by atoms with Crippen molar-refractivity contribution in [2.45, 2.75) is 168 Å². The molecule has 3 amide bonds. The molecular weight excluding hydrogens is 1400 g/mol. The van der Waals surface area contributed by atoms with Gasteiger partial charge in [-0.05, 0) is 61.7 Å². The van der Waals surface area contributed by atoms with Gasteiger partial charge in [-0.15, -0.1) is 9.24 Å². The molecule has 0 spiro atoms. The molecule has 33 nitrogen and oxygen atoms in total. The Bertz CT molecular complexity index is 2550. The summed E-state index contributed by atoms with van der Waals surface area (Å²) in [6.45, 7) is 22.7. The van der Waals surface area contributed by atoms with E-state index in [1.807, 2.05) is 14.0 Å². The van der Waals surface area contributed by atoms with Crippen molar-refractivity contribution in [2.75, 3.05) is 126 Å². The van der Waals surface area contributed by atoms with Gasteiger partial charge in [-0.1, -0.05) is 62.8 Å². The average Bonchev–Trinajstić information content (AvgIpc) is 1.64. The predicted octanol–water partition coefficient (Wildman–Crippen LogP) is -4.87. The number of hydrogen-bond donors (Lipinski definition) is 14. The monoisotopic (exact) mass is 1520 g/mol. The highest BCUT2D eigenvalue weighted by Crippen LogP contribution is 2.14. The van der Waals surface area contributed by atoms with E-state index >= 15 is 0 Å². The summed E-state index contributed by atoms with van der Waals surface area (Å²) in [7, 11) is 2.05. The van der Waals surface area contributed by atoms with Crippen molar-refractivity contribution in [3.05, 3.63) is 0 Å². The maximum absolute atomic E-state index is 11.6. The molecule has 93 heavy (non-hydrogen) atoms. The number of hydrogen-bond acceptors (Lipinski definition) is 25. The molecule has 19 atom stereocenters. The quantitative estimate of drug-likeness (QED) is 0.0212. The first-order chi connectivity index (χ1) is 41.8. The first kappa shape index (κ1) is 103. The standard InChI is InChI=1S/C10H23N2O4PS.2C10H22N2O4S.C6H17N2O3PS.C6H16N2O3S.C5H15N2OP.C4H10NOP/c1-7(6-17)10(14)11-8(2)9(13)5-12(3)18(4,15)16;2*1-7(2)10(14)11-8(3)9(13)6-12(4)17(5,15)16;1-5(7-12)6(9)4-8(2)13(3,10)11;1-5(7)6(9)4-8(2)12(3,10)11;1-4(7-9)5(8)3-6-2;1-3(5-7)4-2-6-4/h7-9,13H,5-6,17H2,1-4H3,(H,11,14);2*7-9,13H,6H2,1-5H3,(H,11,14);5-7,9H,4,12H2,1-3H3;5-6,9H,4,7H2,1-3H3;4-8H,3,9H2,1-2H3;3-5H,2,7H2,1H3/t7?,8-,9?;2*8-,9?;2*5-,6?;4-,5?;3-,4?/m0000000/s1. The van der Waals surface area contributed by atoms with Crippen LogP contribution in [0.3, 0.4) is 0 Å². The lowest BCUT2D eigenvalue weighted by Crippen LogP contribution is -2.48. The summed E-state index contributed by atoms with van der Waals surface area (Å²) < 4.78 is 121. The second-order valence-electron chi connectivity index (χ2n) is 23.6. The van der Waals surface area contributed by atoms with Gasteiger partial charge in [0, 0.05) is 116 Å². The molecule has 12 unspecified atom stereocenters. The number of sulfonamides is 5. The van der Waals surface area contributed by atoms with E-state index < -0.39 is 105 Å². The van der Waals surface area contributed by atoms with E-state index in [-0.39, 0.29) is 86.4 Å². The Balaban J connectivity index is -0.000000241. The number of likely N-dealkylation sites (N-methyl/N-ethyl adjacent to an activating group) is 6. The molecular formula is C51H125N13O20P4S5. The van der Waals surface area contributed by atoms with Gasteiger partial charge in [-0.25, -0.2) is 63.6 Å². The fourth-order valence-electron chi connectivity index (χ4n) is 5.40. The fraction of sp³-hybridized carbons (Fsp3) is 0.941. The SMILES string of the molecule is CC(C)C(=O)N[C@@H](C)C(O)CN(C)S(C)(=O)=O.CC(C)C(=O)N[C@@H](C)C(O)CN(C)S(C)(=O)=O.CC(CP)C(=O)N[C@@H](C)C(O)CN(C)S(C)(=O)=O.CNCC(O)[C@H](C)NP.C[C@H](N)C(O)CN(C)S(C)(=O)=O.C[C@H](NP)C(O)CN(C)S(C)(=O)=O.C[C@H](NP)C1CO1. The maximum Gasteiger partial charge on any atom is 0.223 e. The van der Waals surface area contributed by atoms with Gasteiger partial charge >= 0.3 is 0 Å². The highest BCUT2D eigenvalue weighted by Gasteiger charge is 2.29. The summed E-state index contributed by atoms with van der Waals surface area (Å²) in [4.78, 5) is 34.4. The average molecular weight is 1520 g/mol. The van der Waals surface area contributed by atoms with Crippen molar-refractivity contribution in [3.8, 4) is 0 Å². The van der Waals surface area contributed by atoms with E-state index in [1.165, 1.54) is 35.2 Å². The topological polar surface area (TPSA) is 482 Å². The summed E-state index contributed by atoms with van der Waals surface area (Å²) in [5.41, 5.74) is 5.36. The summed E-state index contributed by atoms with van der Waals surface area (Å²) in [6, 6.07) is -1.43. The Labute approximate surface area is 569 Å². The molecule has 1 heterocycles. The van der Waals surface area contributed by atoms with Gasteiger partial charge in [0.05, 0.1) is 98.7 Å². The lowest BCUT2D eigenvalue weighted by Gasteiger charge is -2.25. The van der Waals surface area contributed by atoms with Gasteiger partial charge in [0.1, 0.15) is 0 Å². The van der Waals surface area contributed by atoms with Crippen LogP contribution < -0.4 is 42.3 Å². The highest BCUT2D eigenvalue weighted by atomic mass is 32.2. The zero-order chi connectivity index (χ0) is 75.2. The van der Waals surface area contributed by atoms with E-state index in [1.54, 1.807) is 69.2 Å². The van der Waals surface area contributed by atoms with Crippen LogP contribution in [0.25, 0.3) is 0 Å². The molecule has 0 radical (unpaired) electrons. The van der Waals surface area contributed by atoms with E-state index in [4.69, 9.17) is 10.5 Å². The first-order valence-electron chi connectivity index (χ1n) is 29.5. The van der Waals surface area contributed by atoms with Gasteiger partial charge in [0.2, 0.25) is 67.8 Å². The van der Waals surface area contributed by atoms with Crippen molar-refractivity contribution >= 4 is 105 Å². The molecule has 1 saturated heterocycles. The number of carbonyl (C=O) groups excluding carboxylic acids is 3.